The van der Waals surface area contributed by atoms with Crippen LogP contribution in [0.4, 0.5) is 0 Å². The Morgan fingerprint density at radius 3 is 2.90 bits per heavy atom. The maximum absolute atomic E-state index is 4.55. The fourth-order valence-corrected chi connectivity index (χ4v) is 2.37. The fourth-order valence-electron chi connectivity index (χ4n) is 1.65. The predicted octanol–water partition coefficient (Wildman–Crippen LogP) is 2.72. The van der Waals surface area contributed by atoms with Gasteiger partial charge in [0, 0.05) is 30.9 Å². The standard InChI is InChI=1S/C13H21N5S.HI/c1-4-14-12(15-7-10(2)3)16-8-11-9-18-5-6-19-13(18)17-11;/h5-6,9-10H,4,7-8H2,1-3H3,(H2,14,15,16);1H. The Labute approximate surface area is 140 Å². The van der Waals surface area contributed by atoms with E-state index in [1.54, 1.807) is 11.3 Å². The first-order valence-electron chi connectivity index (χ1n) is 6.62. The molecule has 0 aliphatic carbocycles. The maximum atomic E-state index is 4.55. The molecule has 112 valence electrons. The first kappa shape index (κ1) is 17.2. The average molecular weight is 407 g/mol. The van der Waals surface area contributed by atoms with E-state index in [9.17, 15) is 0 Å². The summed E-state index contributed by atoms with van der Waals surface area (Å²) in [5.74, 6) is 1.45. The van der Waals surface area contributed by atoms with Gasteiger partial charge in [-0.15, -0.1) is 35.3 Å². The van der Waals surface area contributed by atoms with E-state index >= 15 is 0 Å². The molecule has 0 bridgehead atoms. The van der Waals surface area contributed by atoms with Crippen molar-refractivity contribution >= 4 is 46.2 Å². The minimum atomic E-state index is 0. The zero-order valence-corrected chi connectivity index (χ0v) is 15.2. The van der Waals surface area contributed by atoms with Gasteiger partial charge >= 0.3 is 0 Å². The molecule has 7 heteroatoms. The molecule has 2 aromatic heterocycles. The molecule has 5 nitrogen and oxygen atoms in total. The molecule has 0 spiro atoms. The van der Waals surface area contributed by atoms with E-state index in [4.69, 9.17) is 0 Å². The van der Waals surface area contributed by atoms with Gasteiger partial charge in [-0.2, -0.15) is 0 Å². The Bertz CT molecular complexity index is 517. The van der Waals surface area contributed by atoms with Crippen LogP contribution in [0, 0.1) is 5.92 Å². The van der Waals surface area contributed by atoms with Gasteiger partial charge in [0.05, 0.1) is 12.2 Å². The molecule has 0 aliphatic rings. The monoisotopic (exact) mass is 407 g/mol. The minimum Gasteiger partial charge on any atom is -0.357 e. The number of thiazole rings is 1. The van der Waals surface area contributed by atoms with Gasteiger partial charge in [-0.25, -0.2) is 9.98 Å². The maximum Gasteiger partial charge on any atom is 0.193 e. The number of hydrogen-bond donors (Lipinski definition) is 2. The van der Waals surface area contributed by atoms with Crippen molar-refractivity contribution in [2.75, 3.05) is 13.1 Å². The molecular formula is C13H22IN5S. The van der Waals surface area contributed by atoms with E-state index in [2.05, 4.69) is 41.4 Å². The van der Waals surface area contributed by atoms with Crippen LogP contribution in [0.3, 0.4) is 0 Å². The van der Waals surface area contributed by atoms with Crippen LogP contribution in [0.25, 0.3) is 4.96 Å². The summed E-state index contributed by atoms with van der Waals surface area (Å²) in [5.41, 5.74) is 0.994. The van der Waals surface area contributed by atoms with Gasteiger partial charge in [-0.05, 0) is 12.8 Å². The second-order valence-electron chi connectivity index (χ2n) is 4.80. The predicted molar refractivity (Wildman–Crippen MR) is 96.1 cm³/mol. The summed E-state index contributed by atoms with van der Waals surface area (Å²) >= 11 is 1.64. The molecule has 20 heavy (non-hydrogen) atoms. The number of guanidine groups is 1. The van der Waals surface area contributed by atoms with Crippen LogP contribution in [0.5, 0.6) is 0 Å². The summed E-state index contributed by atoms with van der Waals surface area (Å²) < 4.78 is 2.03. The molecule has 0 amide bonds. The Morgan fingerprint density at radius 1 is 1.45 bits per heavy atom. The fraction of sp³-hybridized carbons (Fsp3) is 0.538. The summed E-state index contributed by atoms with van der Waals surface area (Å²) in [7, 11) is 0. The van der Waals surface area contributed by atoms with E-state index in [0.717, 1.165) is 29.7 Å². The number of aromatic nitrogens is 2. The Hall–Kier alpha value is -0.830. The average Bonchev–Trinajstić information content (AvgIpc) is 2.93. The van der Waals surface area contributed by atoms with E-state index < -0.39 is 0 Å². The van der Waals surface area contributed by atoms with Crippen molar-refractivity contribution in [2.24, 2.45) is 10.9 Å². The summed E-state index contributed by atoms with van der Waals surface area (Å²) in [6.07, 6.45) is 4.05. The normalized spacial score (nSPS) is 11.7. The summed E-state index contributed by atoms with van der Waals surface area (Å²) in [6, 6.07) is 0. The number of halogens is 1. The van der Waals surface area contributed by atoms with Crippen LogP contribution in [0.2, 0.25) is 0 Å². The van der Waals surface area contributed by atoms with Crippen molar-refractivity contribution < 1.29 is 0 Å². The van der Waals surface area contributed by atoms with Crippen molar-refractivity contribution in [2.45, 2.75) is 27.3 Å². The van der Waals surface area contributed by atoms with Crippen LogP contribution in [0.1, 0.15) is 26.5 Å². The Morgan fingerprint density at radius 2 is 2.25 bits per heavy atom. The lowest BCUT2D eigenvalue weighted by atomic mass is 10.2. The largest absolute Gasteiger partial charge is 0.357 e. The molecule has 0 atom stereocenters. The number of hydrogen-bond acceptors (Lipinski definition) is 3. The number of nitrogens with zero attached hydrogens (tertiary/aromatic N) is 3. The van der Waals surface area contributed by atoms with Crippen LogP contribution in [-0.4, -0.2) is 28.4 Å². The highest BCUT2D eigenvalue weighted by Crippen LogP contribution is 2.11. The second kappa shape index (κ2) is 8.46. The van der Waals surface area contributed by atoms with Gasteiger partial charge < -0.3 is 10.6 Å². The molecular weight excluding hydrogens is 385 g/mol. The number of imidazole rings is 1. The number of rotatable bonds is 5. The summed E-state index contributed by atoms with van der Waals surface area (Å²) in [5, 5.41) is 8.60. The SMILES string of the molecule is CCNC(=NCc1cn2ccsc2n1)NCC(C)C.I. The highest BCUT2D eigenvalue weighted by molar-refractivity contribution is 14.0. The summed E-state index contributed by atoms with van der Waals surface area (Å²) in [6.45, 7) is 8.81. The van der Waals surface area contributed by atoms with Crippen LogP contribution in [0.15, 0.2) is 22.8 Å². The number of fused-ring (bicyclic) bond motifs is 1. The number of nitrogens with one attached hydrogen (secondary N) is 2. The van der Waals surface area contributed by atoms with Gasteiger partial charge in [0.15, 0.2) is 10.9 Å². The number of aliphatic imine (C=N–C) groups is 1. The second-order valence-corrected chi connectivity index (χ2v) is 5.67. The third-order valence-corrected chi connectivity index (χ3v) is 3.34. The van der Waals surface area contributed by atoms with Crippen molar-refractivity contribution in [1.82, 2.24) is 20.0 Å². The van der Waals surface area contributed by atoms with Gasteiger partial charge in [0.25, 0.3) is 0 Å². The van der Waals surface area contributed by atoms with Crippen molar-refractivity contribution in [1.29, 1.82) is 0 Å². The zero-order valence-electron chi connectivity index (χ0n) is 12.1. The highest BCUT2D eigenvalue weighted by Gasteiger charge is 2.03. The van der Waals surface area contributed by atoms with E-state index in [1.807, 2.05) is 22.2 Å². The van der Waals surface area contributed by atoms with Crippen LogP contribution >= 0.6 is 35.3 Å². The van der Waals surface area contributed by atoms with E-state index in [0.29, 0.717) is 12.5 Å². The lowest BCUT2D eigenvalue weighted by Crippen LogP contribution is -2.39. The van der Waals surface area contributed by atoms with Crippen LogP contribution in [-0.2, 0) is 6.54 Å². The molecule has 0 aromatic carbocycles. The van der Waals surface area contributed by atoms with Gasteiger partial charge in [-0.3, -0.25) is 4.40 Å². The Kier molecular flexibility index (Phi) is 7.28. The molecule has 0 radical (unpaired) electrons. The molecule has 2 heterocycles. The first-order chi connectivity index (χ1) is 9.19. The van der Waals surface area contributed by atoms with Gasteiger partial charge in [0.2, 0.25) is 0 Å². The van der Waals surface area contributed by atoms with Crippen molar-refractivity contribution in [3.05, 3.63) is 23.5 Å². The van der Waals surface area contributed by atoms with Crippen molar-refractivity contribution in [3.63, 3.8) is 0 Å². The molecule has 0 saturated carbocycles. The third-order valence-electron chi connectivity index (χ3n) is 2.56. The topological polar surface area (TPSA) is 53.7 Å². The zero-order chi connectivity index (χ0) is 13.7. The van der Waals surface area contributed by atoms with E-state index in [-0.39, 0.29) is 24.0 Å². The van der Waals surface area contributed by atoms with Crippen molar-refractivity contribution in [3.8, 4) is 0 Å². The highest BCUT2D eigenvalue weighted by atomic mass is 127. The van der Waals surface area contributed by atoms with Crippen LogP contribution < -0.4 is 10.6 Å². The van der Waals surface area contributed by atoms with E-state index in [1.165, 1.54) is 0 Å². The molecule has 2 rings (SSSR count). The lowest BCUT2D eigenvalue weighted by molar-refractivity contribution is 0.614. The van der Waals surface area contributed by atoms with Gasteiger partial charge in [0.1, 0.15) is 0 Å². The van der Waals surface area contributed by atoms with Gasteiger partial charge in [-0.1, -0.05) is 13.8 Å². The first-order valence-corrected chi connectivity index (χ1v) is 7.50. The molecule has 0 aliphatic heterocycles. The molecule has 0 unspecified atom stereocenters. The third kappa shape index (κ3) is 4.93. The summed E-state index contributed by atoms with van der Waals surface area (Å²) in [4.78, 5) is 10.1. The molecule has 0 saturated heterocycles. The quantitative estimate of drug-likeness (QED) is 0.455. The Balaban J connectivity index is 0.00000200. The molecule has 2 aromatic rings. The molecule has 2 N–H and O–H groups in total. The minimum absolute atomic E-state index is 0. The smallest absolute Gasteiger partial charge is 0.193 e. The molecule has 0 fully saturated rings. The lowest BCUT2D eigenvalue weighted by Gasteiger charge is -2.12.